The van der Waals surface area contributed by atoms with Gasteiger partial charge in [-0.05, 0) is 63.8 Å². The molecule has 0 bridgehead atoms. The molecule has 0 aromatic heterocycles. The molecule has 33 heavy (non-hydrogen) atoms. The normalized spacial score (nSPS) is 13.1. The number of nitrogens with one attached hydrogen (secondary N) is 2. The number of rotatable bonds is 12. The number of aliphatic hydroxyl groups is 1. The number of hydrogen-bond acceptors (Lipinski definition) is 6. The summed E-state index contributed by atoms with van der Waals surface area (Å²) in [5.41, 5.74) is -0.326. The van der Waals surface area contributed by atoms with Crippen LogP contribution in [0.3, 0.4) is 0 Å². The van der Waals surface area contributed by atoms with Crippen LogP contribution in [-0.2, 0) is 14.8 Å². The number of unbranched alkanes of at least 4 members (excludes halogenated alkanes) is 1. The van der Waals surface area contributed by atoms with Gasteiger partial charge in [0.05, 0.1) is 11.5 Å². The molecule has 1 rings (SSSR count). The van der Waals surface area contributed by atoms with E-state index in [1.165, 1.54) is 28.6 Å². The van der Waals surface area contributed by atoms with Crippen LogP contribution in [0.15, 0.2) is 29.2 Å². The number of nitrogens with zero attached hydrogens (tertiary/aromatic N) is 1. The standard InChI is InChI=1S/C22H37N3O7S/c1-16(2)14-25(33(30,31)19-11-9-17(10-12-19)24-20(27)28)18(15-26)8-6-7-13-23-21(29)32-22(3,4)5/h9-12,16,18,24,26H,6-8,13-15H2,1-5H3,(H,23,29)(H,27,28)/t18-/m0/s1. The molecule has 1 aromatic rings. The van der Waals surface area contributed by atoms with Crippen molar-refractivity contribution in [2.24, 2.45) is 5.92 Å². The summed E-state index contributed by atoms with van der Waals surface area (Å²) in [5, 5.41) is 23.6. The first-order valence-electron chi connectivity index (χ1n) is 11.0. The van der Waals surface area contributed by atoms with Crippen LogP contribution in [0.4, 0.5) is 15.3 Å². The van der Waals surface area contributed by atoms with Crippen LogP contribution in [0.2, 0.25) is 0 Å². The third kappa shape index (κ3) is 10.4. The fourth-order valence-corrected chi connectivity index (χ4v) is 4.92. The molecule has 10 nitrogen and oxygen atoms in total. The molecule has 0 radical (unpaired) electrons. The zero-order valence-electron chi connectivity index (χ0n) is 20.0. The Morgan fingerprint density at radius 2 is 1.73 bits per heavy atom. The predicted octanol–water partition coefficient (Wildman–Crippen LogP) is 3.48. The minimum atomic E-state index is -3.92. The number of sulfonamides is 1. The third-order valence-corrected chi connectivity index (χ3v) is 6.44. The summed E-state index contributed by atoms with van der Waals surface area (Å²) < 4.78 is 33.1. The van der Waals surface area contributed by atoms with Crippen LogP contribution in [0.25, 0.3) is 0 Å². The van der Waals surface area contributed by atoms with E-state index in [0.717, 1.165) is 0 Å². The van der Waals surface area contributed by atoms with Crippen molar-refractivity contribution < 1.29 is 33.0 Å². The van der Waals surface area contributed by atoms with Crippen molar-refractivity contribution in [2.45, 2.75) is 70.4 Å². The number of carbonyl (C=O) groups excluding carboxylic acids is 1. The monoisotopic (exact) mass is 487 g/mol. The summed E-state index contributed by atoms with van der Waals surface area (Å²) in [7, 11) is -3.92. The van der Waals surface area contributed by atoms with E-state index in [-0.39, 0.29) is 29.7 Å². The second kappa shape index (κ2) is 12.8. The number of carboxylic acid groups (broad SMARTS) is 1. The average Bonchev–Trinajstić information content (AvgIpc) is 2.67. The smallest absolute Gasteiger partial charge is 0.409 e. The molecule has 2 amide bonds. The number of alkyl carbamates (subject to hydrolysis) is 1. The van der Waals surface area contributed by atoms with E-state index in [0.29, 0.717) is 25.8 Å². The number of amides is 2. The van der Waals surface area contributed by atoms with Gasteiger partial charge < -0.3 is 20.3 Å². The van der Waals surface area contributed by atoms with Crippen molar-refractivity contribution in [3.63, 3.8) is 0 Å². The Bertz CT molecular complexity index is 865. The highest BCUT2D eigenvalue weighted by atomic mass is 32.2. The Kier molecular flexibility index (Phi) is 11.1. The minimum Gasteiger partial charge on any atom is -0.465 e. The Morgan fingerprint density at radius 3 is 2.21 bits per heavy atom. The number of carbonyl (C=O) groups is 2. The number of benzene rings is 1. The fraction of sp³-hybridized carbons (Fsp3) is 0.636. The molecule has 0 fully saturated rings. The first-order valence-corrected chi connectivity index (χ1v) is 12.4. The van der Waals surface area contributed by atoms with Crippen molar-refractivity contribution in [3.8, 4) is 0 Å². The molecule has 1 aromatic carbocycles. The van der Waals surface area contributed by atoms with Gasteiger partial charge in [0.1, 0.15) is 5.60 Å². The van der Waals surface area contributed by atoms with Crippen LogP contribution in [-0.4, -0.2) is 66.5 Å². The van der Waals surface area contributed by atoms with Gasteiger partial charge in [-0.3, -0.25) is 5.32 Å². The molecule has 0 unspecified atom stereocenters. The van der Waals surface area contributed by atoms with Crippen LogP contribution in [0.1, 0.15) is 53.9 Å². The molecule has 0 aliphatic carbocycles. The summed E-state index contributed by atoms with van der Waals surface area (Å²) >= 11 is 0. The Balaban J connectivity index is 2.83. The molecule has 0 aliphatic heterocycles. The van der Waals surface area contributed by atoms with E-state index in [2.05, 4.69) is 10.6 Å². The van der Waals surface area contributed by atoms with Crippen molar-refractivity contribution in [1.29, 1.82) is 0 Å². The SMILES string of the molecule is CC(C)CN([C@H](CO)CCCCNC(=O)OC(C)(C)C)S(=O)(=O)c1ccc(NC(=O)O)cc1. The van der Waals surface area contributed by atoms with Gasteiger partial charge in [0.2, 0.25) is 10.0 Å². The van der Waals surface area contributed by atoms with Crippen LogP contribution >= 0.6 is 0 Å². The van der Waals surface area contributed by atoms with Crippen LogP contribution < -0.4 is 10.6 Å². The van der Waals surface area contributed by atoms with Gasteiger partial charge in [0.15, 0.2) is 0 Å². The summed E-state index contributed by atoms with van der Waals surface area (Å²) in [5.74, 6) is 0.0237. The molecule has 0 aliphatic rings. The molecule has 11 heteroatoms. The highest BCUT2D eigenvalue weighted by molar-refractivity contribution is 7.89. The lowest BCUT2D eigenvalue weighted by Gasteiger charge is -2.31. The van der Waals surface area contributed by atoms with Gasteiger partial charge in [-0.25, -0.2) is 18.0 Å². The third-order valence-electron chi connectivity index (χ3n) is 4.51. The summed E-state index contributed by atoms with van der Waals surface area (Å²) in [4.78, 5) is 22.5. The molecular formula is C22H37N3O7S. The summed E-state index contributed by atoms with van der Waals surface area (Å²) in [6, 6.07) is 4.81. The molecule has 4 N–H and O–H groups in total. The van der Waals surface area contributed by atoms with E-state index < -0.39 is 33.9 Å². The summed E-state index contributed by atoms with van der Waals surface area (Å²) in [6.45, 7) is 9.36. The van der Waals surface area contributed by atoms with E-state index >= 15 is 0 Å². The number of anilines is 1. The molecular weight excluding hydrogens is 450 g/mol. The van der Waals surface area contributed by atoms with E-state index in [9.17, 15) is 23.1 Å². The largest absolute Gasteiger partial charge is 0.465 e. The van der Waals surface area contributed by atoms with Gasteiger partial charge >= 0.3 is 12.2 Å². The molecule has 0 saturated heterocycles. The van der Waals surface area contributed by atoms with Crippen molar-refractivity contribution in [3.05, 3.63) is 24.3 Å². The quantitative estimate of drug-likeness (QED) is 0.330. The van der Waals surface area contributed by atoms with E-state index in [1.54, 1.807) is 20.8 Å². The zero-order valence-corrected chi connectivity index (χ0v) is 20.8. The van der Waals surface area contributed by atoms with Crippen molar-refractivity contribution in [2.75, 3.05) is 25.0 Å². The van der Waals surface area contributed by atoms with Crippen LogP contribution in [0, 0.1) is 5.92 Å². The fourth-order valence-electron chi connectivity index (χ4n) is 3.11. The predicted molar refractivity (Wildman–Crippen MR) is 126 cm³/mol. The lowest BCUT2D eigenvalue weighted by Crippen LogP contribution is -2.44. The van der Waals surface area contributed by atoms with Gasteiger partial charge in [-0.2, -0.15) is 4.31 Å². The lowest BCUT2D eigenvalue weighted by atomic mass is 10.1. The number of ether oxygens (including phenoxy) is 1. The van der Waals surface area contributed by atoms with Gasteiger partial charge in [0.25, 0.3) is 0 Å². The van der Waals surface area contributed by atoms with E-state index in [4.69, 9.17) is 9.84 Å². The minimum absolute atomic E-state index is 0.0177. The number of hydrogen-bond donors (Lipinski definition) is 4. The molecule has 1 atom stereocenters. The second-order valence-corrected chi connectivity index (χ2v) is 11.1. The Labute approximate surface area is 196 Å². The van der Waals surface area contributed by atoms with Crippen molar-refractivity contribution >= 4 is 27.9 Å². The topological polar surface area (TPSA) is 145 Å². The lowest BCUT2D eigenvalue weighted by molar-refractivity contribution is 0.0526. The average molecular weight is 488 g/mol. The molecule has 0 saturated carbocycles. The van der Waals surface area contributed by atoms with E-state index in [1.807, 2.05) is 13.8 Å². The Morgan fingerprint density at radius 1 is 1.12 bits per heavy atom. The zero-order chi connectivity index (χ0) is 25.2. The maximum absolute atomic E-state index is 13.3. The first-order chi connectivity index (χ1) is 15.3. The summed E-state index contributed by atoms with van der Waals surface area (Å²) in [6.07, 6.45) is -0.149. The molecule has 0 heterocycles. The maximum Gasteiger partial charge on any atom is 0.409 e. The highest BCUT2D eigenvalue weighted by Gasteiger charge is 2.31. The molecule has 0 spiro atoms. The Hall–Kier alpha value is -2.37. The van der Waals surface area contributed by atoms with Crippen molar-refractivity contribution in [1.82, 2.24) is 9.62 Å². The van der Waals surface area contributed by atoms with Crippen LogP contribution in [0.5, 0.6) is 0 Å². The number of aliphatic hydroxyl groups excluding tert-OH is 1. The maximum atomic E-state index is 13.3. The second-order valence-electron chi connectivity index (χ2n) is 9.18. The highest BCUT2D eigenvalue weighted by Crippen LogP contribution is 2.24. The molecule has 188 valence electrons. The first kappa shape index (κ1) is 28.7. The van der Waals surface area contributed by atoms with Gasteiger partial charge in [-0.15, -0.1) is 0 Å². The van der Waals surface area contributed by atoms with Gasteiger partial charge in [-0.1, -0.05) is 20.3 Å². The van der Waals surface area contributed by atoms with Gasteiger partial charge in [0, 0.05) is 24.8 Å².